The second kappa shape index (κ2) is 9.10. The van der Waals surface area contributed by atoms with Gasteiger partial charge in [0, 0.05) is 11.4 Å². The minimum absolute atomic E-state index is 0.211. The lowest BCUT2D eigenvalue weighted by atomic mass is 10.1. The highest BCUT2D eigenvalue weighted by atomic mass is 32.1. The molecule has 0 aliphatic carbocycles. The van der Waals surface area contributed by atoms with Crippen molar-refractivity contribution in [1.82, 2.24) is 5.32 Å². The van der Waals surface area contributed by atoms with Gasteiger partial charge in [-0.3, -0.25) is 9.59 Å². The van der Waals surface area contributed by atoms with Crippen LogP contribution in [0, 0.1) is 6.92 Å². The van der Waals surface area contributed by atoms with Crippen LogP contribution < -0.4 is 5.32 Å². The molecule has 0 unspecified atom stereocenters. The number of carbonyl (C=O) groups is 2. The summed E-state index contributed by atoms with van der Waals surface area (Å²) in [7, 11) is 0. The van der Waals surface area contributed by atoms with E-state index in [0.717, 1.165) is 11.3 Å². The number of nitrogens with one attached hydrogen (secondary N) is 1. The van der Waals surface area contributed by atoms with Gasteiger partial charge in [0.05, 0.1) is 6.42 Å². The Morgan fingerprint density at radius 1 is 1.13 bits per heavy atom. The fourth-order valence-electron chi connectivity index (χ4n) is 2.18. The first-order valence-electron chi connectivity index (χ1n) is 7.64. The molecule has 2 rings (SSSR count). The molecular weight excluding hydrogens is 310 g/mol. The molecule has 0 atom stereocenters. The predicted octanol–water partition coefficient (Wildman–Crippen LogP) is 2.89. The summed E-state index contributed by atoms with van der Waals surface area (Å²) in [6, 6.07) is 12.0. The van der Waals surface area contributed by atoms with Crippen LogP contribution >= 0.6 is 11.3 Å². The van der Waals surface area contributed by atoms with Crippen molar-refractivity contribution in [2.24, 2.45) is 0 Å². The van der Waals surface area contributed by atoms with Gasteiger partial charge in [0.2, 0.25) is 0 Å². The number of thiophene rings is 1. The number of carbonyl (C=O) groups excluding carboxylic acids is 2. The molecule has 0 aliphatic rings. The van der Waals surface area contributed by atoms with Gasteiger partial charge in [-0.25, -0.2) is 0 Å². The largest absolute Gasteiger partial charge is 0.456 e. The maximum atomic E-state index is 11.7. The smallest absolute Gasteiger partial charge is 0.306 e. The van der Waals surface area contributed by atoms with Gasteiger partial charge >= 0.3 is 5.97 Å². The van der Waals surface area contributed by atoms with Crippen molar-refractivity contribution in [1.29, 1.82) is 0 Å². The SMILES string of the molecule is Cc1ccccc1CCNC(=O)COC(=O)CCc1cccs1. The van der Waals surface area contributed by atoms with Crippen molar-refractivity contribution >= 4 is 23.2 Å². The third-order valence-corrected chi connectivity index (χ3v) is 4.43. The lowest BCUT2D eigenvalue weighted by molar-refractivity contribution is -0.148. The number of benzene rings is 1. The van der Waals surface area contributed by atoms with Gasteiger partial charge in [-0.2, -0.15) is 0 Å². The maximum absolute atomic E-state index is 11.7. The fraction of sp³-hybridized carbons (Fsp3) is 0.333. The van der Waals surface area contributed by atoms with E-state index in [-0.39, 0.29) is 18.5 Å². The number of esters is 1. The van der Waals surface area contributed by atoms with Crippen LogP contribution in [0.15, 0.2) is 41.8 Å². The number of amides is 1. The van der Waals surface area contributed by atoms with Crippen LogP contribution in [0.2, 0.25) is 0 Å². The molecule has 0 aliphatic heterocycles. The summed E-state index contributed by atoms with van der Waals surface area (Å²) >= 11 is 1.61. The highest BCUT2D eigenvalue weighted by Gasteiger charge is 2.08. The molecule has 2 aromatic rings. The molecule has 0 radical (unpaired) electrons. The van der Waals surface area contributed by atoms with Crippen molar-refractivity contribution in [2.75, 3.05) is 13.2 Å². The molecule has 1 N–H and O–H groups in total. The highest BCUT2D eigenvalue weighted by molar-refractivity contribution is 7.09. The van der Waals surface area contributed by atoms with E-state index in [1.165, 1.54) is 11.1 Å². The van der Waals surface area contributed by atoms with Gasteiger partial charge in [-0.05, 0) is 42.3 Å². The van der Waals surface area contributed by atoms with Crippen LogP contribution in [-0.2, 0) is 27.2 Å². The monoisotopic (exact) mass is 331 g/mol. The van der Waals surface area contributed by atoms with Crippen molar-refractivity contribution in [2.45, 2.75) is 26.2 Å². The van der Waals surface area contributed by atoms with Crippen LogP contribution in [0.1, 0.15) is 22.4 Å². The summed E-state index contributed by atoms with van der Waals surface area (Å²) < 4.78 is 4.98. The fourth-order valence-corrected chi connectivity index (χ4v) is 2.89. The Hall–Kier alpha value is -2.14. The van der Waals surface area contributed by atoms with E-state index in [2.05, 4.69) is 5.32 Å². The Morgan fingerprint density at radius 2 is 1.96 bits per heavy atom. The average molecular weight is 331 g/mol. The minimum atomic E-state index is -0.340. The predicted molar refractivity (Wildman–Crippen MR) is 91.5 cm³/mol. The number of hydrogen-bond acceptors (Lipinski definition) is 4. The first-order valence-corrected chi connectivity index (χ1v) is 8.52. The molecule has 0 bridgehead atoms. The van der Waals surface area contributed by atoms with Crippen LogP contribution in [0.25, 0.3) is 0 Å². The molecule has 5 heteroatoms. The van der Waals surface area contributed by atoms with E-state index >= 15 is 0 Å². The molecule has 1 aromatic heterocycles. The molecule has 0 spiro atoms. The third kappa shape index (κ3) is 6.24. The molecular formula is C18H21NO3S. The molecule has 23 heavy (non-hydrogen) atoms. The Labute approximate surface area is 140 Å². The van der Waals surface area contributed by atoms with E-state index < -0.39 is 0 Å². The third-order valence-electron chi connectivity index (χ3n) is 3.50. The van der Waals surface area contributed by atoms with Gasteiger partial charge in [0.25, 0.3) is 5.91 Å². The molecule has 0 saturated heterocycles. The van der Waals surface area contributed by atoms with Crippen LogP contribution in [0.5, 0.6) is 0 Å². The lowest BCUT2D eigenvalue weighted by Gasteiger charge is -2.08. The van der Waals surface area contributed by atoms with Crippen LogP contribution in [-0.4, -0.2) is 25.0 Å². The first kappa shape index (κ1) is 17.2. The molecule has 0 fully saturated rings. The van der Waals surface area contributed by atoms with Crippen LogP contribution in [0.4, 0.5) is 0 Å². The standard InChI is InChI=1S/C18H21NO3S/c1-14-5-2-3-6-15(14)10-11-19-17(20)13-22-18(21)9-8-16-7-4-12-23-16/h2-7,12H,8-11,13H2,1H3,(H,19,20). The number of hydrogen-bond donors (Lipinski definition) is 1. The minimum Gasteiger partial charge on any atom is -0.456 e. The lowest BCUT2D eigenvalue weighted by Crippen LogP contribution is -2.30. The first-order chi connectivity index (χ1) is 11.1. The van der Waals surface area contributed by atoms with E-state index in [9.17, 15) is 9.59 Å². The van der Waals surface area contributed by atoms with Crippen molar-refractivity contribution in [3.8, 4) is 0 Å². The Balaban J connectivity index is 1.59. The summed E-state index contributed by atoms with van der Waals surface area (Å²) in [4.78, 5) is 24.4. The van der Waals surface area contributed by atoms with Crippen molar-refractivity contribution < 1.29 is 14.3 Å². The molecule has 122 valence electrons. The van der Waals surface area contributed by atoms with E-state index in [0.29, 0.717) is 19.4 Å². The zero-order valence-corrected chi connectivity index (χ0v) is 14.0. The Kier molecular flexibility index (Phi) is 6.81. The normalized spacial score (nSPS) is 10.3. The second-order valence-electron chi connectivity index (χ2n) is 5.27. The summed E-state index contributed by atoms with van der Waals surface area (Å²) in [6.45, 7) is 2.38. The second-order valence-corrected chi connectivity index (χ2v) is 6.30. The molecule has 0 saturated carbocycles. The van der Waals surface area contributed by atoms with Crippen LogP contribution in [0.3, 0.4) is 0 Å². The van der Waals surface area contributed by atoms with Crippen molar-refractivity contribution in [3.05, 3.63) is 57.8 Å². The maximum Gasteiger partial charge on any atom is 0.306 e. The number of rotatable bonds is 8. The summed E-state index contributed by atoms with van der Waals surface area (Å²) in [5.41, 5.74) is 2.42. The summed E-state index contributed by atoms with van der Waals surface area (Å²) in [6.07, 6.45) is 1.73. The highest BCUT2D eigenvalue weighted by Crippen LogP contribution is 2.11. The number of aryl methyl sites for hydroxylation is 2. The van der Waals surface area contributed by atoms with Gasteiger partial charge in [-0.15, -0.1) is 11.3 Å². The quantitative estimate of drug-likeness (QED) is 0.757. The number of ether oxygens (including phenoxy) is 1. The van der Waals surface area contributed by atoms with Gasteiger partial charge in [0.1, 0.15) is 0 Å². The topological polar surface area (TPSA) is 55.4 Å². The molecule has 1 amide bonds. The van der Waals surface area contributed by atoms with E-state index in [1.54, 1.807) is 11.3 Å². The van der Waals surface area contributed by atoms with Gasteiger partial charge in [-0.1, -0.05) is 30.3 Å². The zero-order chi connectivity index (χ0) is 16.5. The van der Waals surface area contributed by atoms with E-state index in [1.807, 2.05) is 48.7 Å². The molecule has 1 heterocycles. The summed E-state index contributed by atoms with van der Waals surface area (Å²) in [5, 5.41) is 4.74. The van der Waals surface area contributed by atoms with Gasteiger partial charge in [0.15, 0.2) is 6.61 Å². The Bertz CT molecular complexity index is 637. The molecule has 4 nitrogen and oxygen atoms in total. The van der Waals surface area contributed by atoms with E-state index in [4.69, 9.17) is 4.74 Å². The summed E-state index contributed by atoms with van der Waals surface area (Å²) in [5.74, 6) is -0.601. The average Bonchev–Trinajstić information content (AvgIpc) is 3.06. The van der Waals surface area contributed by atoms with Gasteiger partial charge < -0.3 is 10.1 Å². The zero-order valence-electron chi connectivity index (χ0n) is 13.2. The molecule has 1 aromatic carbocycles. The van der Waals surface area contributed by atoms with Crippen molar-refractivity contribution in [3.63, 3.8) is 0 Å². The Morgan fingerprint density at radius 3 is 2.70 bits per heavy atom.